The monoisotopic (exact) mass is 650 g/mol. The van der Waals surface area contributed by atoms with E-state index in [1.54, 1.807) is 0 Å². The number of hydrogen-bond acceptors (Lipinski definition) is 18. The number of esters is 3. The van der Waals surface area contributed by atoms with E-state index in [4.69, 9.17) is 46.6 Å². The molecule has 0 aromatic carbocycles. The first kappa shape index (κ1) is 39.2. The van der Waals surface area contributed by atoms with Gasteiger partial charge in [-0.1, -0.05) is 43.2 Å². The summed E-state index contributed by atoms with van der Waals surface area (Å²) >= 11 is 0. The molecule has 14 nitrogen and oxygen atoms in total. The van der Waals surface area contributed by atoms with Crippen LogP contribution in [0.1, 0.15) is 6.92 Å². The average Bonchev–Trinajstić information content (AvgIpc) is 2.94. The summed E-state index contributed by atoms with van der Waals surface area (Å²) < 4.78 is 30.7. The lowest BCUT2D eigenvalue weighted by Gasteiger charge is -2.12. The maximum Gasteiger partial charge on any atom is 0.323 e. The second kappa shape index (κ2) is 25.9. The van der Waals surface area contributed by atoms with Gasteiger partial charge in [-0.25, -0.2) is 0 Å². The van der Waals surface area contributed by atoms with Gasteiger partial charge < -0.3 is 51.4 Å². The third kappa shape index (κ3) is 21.9. The Morgan fingerprint density at radius 1 is 0.525 bits per heavy atom. The van der Waals surface area contributed by atoms with Gasteiger partial charge >= 0.3 is 17.9 Å². The van der Waals surface area contributed by atoms with Crippen molar-refractivity contribution in [2.75, 3.05) is 83.0 Å². The van der Waals surface area contributed by atoms with Crippen LogP contribution in [0.15, 0.2) is 0 Å². The van der Waals surface area contributed by atoms with Gasteiger partial charge in [-0.2, -0.15) is 0 Å². The maximum absolute atomic E-state index is 11.9. The van der Waals surface area contributed by atoms with Crippen LogP contribution in [0.5, 0.6) is 0 Å². The summed E-state index contributed by atoms with van der Waals surface area (Å²) in [5, 5.41) is 0. The molecular weight excluding hydrogens is 609 g/mol. The SMILES string of the molecule is COC(=O)[C@H](N)CSSC[C@@H](N)C(=O)OCCOCCOCCOCCOC(=O)[C@@H](N)CSSC[C@H](N)C(C)=O. The van der Waals surface area contributed by atoms with E-state index in [9.17, 15) is 19.2 Å². The summed E-state index contributed by atoms with van der Waals surface area (Å²) in [7, 11) is 6.66. The molecule has 0 amide bonds. The summed E-state index contributed by atoms with van der Waals surface area (Å²) in [4.78, 5) is 46.0. The molecule has 0 saturated carbocycles. The van der Waals surface area contributed by atoms with Crippen molar-refractivity contribution in [3.63, 3.8) is 0 Å². The van der Waals surface area contributed by atoms with Crippen LogP contribution in [0.3, 0.4) is 0 Å². The number of carbonyl (C=O) groups excluding carboxylic acids is 4. The quantitative estimate of drug-likeness (QED) is 0.0379. The molecule has 0 aliphatic heterocycles. The number of carbonyl (C=O) groups is 4. The summed E-state index contributed by atoms with van der Waals surface area (Å²) in [6, 6.07) is -2.83. The van der Waals surface area contributed by atoms with Crippen LogP contribution in [0.4, 0.5) is 0 Å². The van der Waals surface area contributed by atoms with Crippen molar-refractivity contribution in [3.05, 3.63) is 0 Å². The molecule has 0 aromatic heterocycles. The standard InChI is InChI=1S/C22H42N4O10S4/c1-15(27)16(23)11-37-39-13-18(25)21(29)35-9-7-33-5-3-32-4-6-34-8-10-36-22(30)19(26)14-40-38-12-17(24)20(28)31-2/h16-19H,3-14,23-26H2,1-2H3/t16-,17+,18-,19+/m0/s1. The minimum Gasteiger partial charge on any atom is -0.468 e. The van der Waals surface area contributed by atoms with Crippen molar-refractivity contribution < 1.29 is 47.6 Å². The molecule has 0 heterocycles. The molecule has 234 valence electrons. The molecule has 0 aliphatic rings. The maximum atomic E-state index is 11.9. The summed E-state index contributed by atoms with van der Waals surface area (Å²) in [6.07, 6.45) is 0. The number of Topliss-reactive ketones (excluding diaryl/α,β-unsaturated/α-hetero) is 1. The fourth-order valence-corrected chi connectivity index (χ4v) is 6.65. The minimum atomic E-state index is -0.803. The molecule has 0 saturated heterocycles. The van der Waals surface area contributed by atoms with Crippen LogP contribution in [-0.4, -0.2) is 131 Å². The Morgan fingerprint density at radius 3 is 1.15 bits per heavy atom. The van der Waals surface area contributed by atoms with Gasteiger partial charge in [-0.3, -0.25) is 19.2 Å². The van der Waals surface area contributed by atoms with Gasteiger partial charge in [-0.15, -0.1) is 0 Å². The minimum absolute atomic E-state index is 0.0641. The lowest BCUT2D eigenvalue weighted by molar-refractivity contribution is -0.146. The molecule has 18 heteroatoms. The van der Waals surface area contributed by atoms with E-state index in [-0.39, 0.29) is 32.2 Å². The number of methoxy groups -OCH3 is 1. The van der Waals surface area contributed by atoms with E-state index in [1.807, 2.05) is 0 Å². The summed E-state index contributed by atoms with van der Waals surface area (Å²) in [6.45, 7) is 3.26. The van der Waals surface area contributed by atoms with Crippen molar-refractivity contribution in [2.45, 2.75) is 31.1 Å². The van der Waals surface area contributed by atoms with Crippen LogP contribution >= 0.6 is 43.2 Å². The number of hydrogen-bond donors (Lipinski definition) is 4. The number of nitrogens with two attached hydrogens (primary N) is 4. The van der Waals surface area contributed by atoms with E-state index in [0.29, 0.717) is 49.4 Å². The van der Waals surface area contributed by atoms with E-state index in [1.165, 1.54) is 57.2 Å². The zero-order valence-corrected chi connectivity index (χ0v) is 26.1. The number of rotatable bonds is 26. The van der Waals surface area contributed by atoms with Gasteiger partial charge in [0.05, 0.1) is 52.8 Å². The van der Waals surface area contributed by atoms with E-state index < -0.39 is 42.1 Å². The van der Waals surface area contributed by atoms with Crippen LogP contribution in [0.2, 0.25) is 0 Å². The van der Waals surface area contributed by atoms with E-state index in [0.717, 1.165) is 0 Å². The molecule has 0 radical (unpaired) electrons. The molecule has 0 aliphatic carbocycles. The van der Waals surface area contributed by atoms with Crippen LogP contribution in [0.25, 0.3) is 0 Å². The molecule has 0 spiro atoms. The summed E-state index contributed by atoms with van der Waals surface area (Å²) in [5.74, 6) is -0.204. The lowest BCUT2D eigenvalue weighted by atomic mass is 10.3. The molecule has 0 fully saturated rings. The van der Waals surface area contributed by atoms with Crippen molar-refractivity contribution >= 4 is 66.9 Å². The Kier molecular flexibility index (Phi) is 25.4. The average molecular weight is 651 g/mol. The molecule has 0 unspecified atom stereocenters. The molecule has 40 heavy (non-hydrogen) atoms. The van der Waals surface area contributed by atoms with Gasteiger partial charge in [0.25, 0.3) is 0 Å². The molecule has 0 bridgehead atoms. The predicted octanol–water partition coefficient (Wildman–Crippen LogP) is -1.04. The highest BCUT2D eigenvalue weighted by molar-refractivity contribution is 8.77. The zero-order valence-electron chi connectivity index (χ0n) is 22.8. The van der Waals surface area contributed by atoms with Gasteiger partial charge in [-0.05, 0) is 6.92 Å². The first-order valence-electron chi connectivity index (χ1n) is 12.3. The highest BCUT2D eigenvalue weighted by Crippen LogP contribution is 2.23. The van der Waals surface area contributed by atoms with Crippen LogP contribution in [-0.2, 0) is 47.6 Å². The second-order valence-corrected chi connectivity index (χ2v) is 13.0. The Labute approximate surface area is 250 Å². The highest BCUT2D eigenvalue weighted by Gasteiger charge is 2.18. The van der Waals surface area contributed by atoms with E-state index in [2.05, 4.69) is 4.74 Å². The third-order valence-electron chi connectivity index (χ3n) is 4.48. The molecule has 0 rings (SSSR count). The third-order valence-corrected chi connectivity index (χ3v) is 9.42. The summed E-state index contributed by atoms with van der Waals surface area (Å²) in [5.41, 5.74) is 22.8. The zero-order chi connectivity index (χ0) is 30.2. The van der Waals surface area contributed by atoms with Crippen LogP contribution < -0.4 is 22.9 Å². The Morgan fingerprint density at radius 2 is 0.825 bits per heavy atom. The van der Waals surface area contributed by atoms with Crippen molar-refractivity contribution in [1.29, 1.82) is 0 Å². The first-order valence-corrected chi connectivity index (χ1v) is 17.2. The fourth-order valence-electron chi connectivity index (χ4n) is 2.12. The lowest BCUT2D eigenvalue weighted by Crippen LogP contribution is -2.35. The molecule has 0 aromatic rings. The number of ether oxygens (including phenoxy) is 6. The van der Waals surface area contributed by atoms with Crippen molar-refractivity contribution in [2.24, 2.45) is 22.9 Å². The van der Waals surface area contributed by atoms with Crippen LogP contribution in [0, 0.1) is 0 Å². The van der Waals surface area contributed by atoms with Crippen molar-refractivity contribution in [1.82, 2.24) is 0 Å². The normalized spacial score (nSPS) is 14.2. The highest BCUT2D eigenvalue weighted by atomic mass is 33.1. The predicted molar refractivity (Wildman–Crippen MR) is 159 cm³/mol. The van der Waals surface area contributed by atoms with Crippen molar-refractivity contribution in [3.8, 4) is 0 Å². The second-order valence-electron chi connectivity index (χ2n) is 7.87. The Bertz CT molecular complexity index is 729. The van der Waals surface area contributed by atoms with Gasteiger partial charge in [0, 0.05) is 23.0 Å². The fraction of sp³-hybridized carbons (Fsp3) is 0.818. The number of ketones is 1. The van der Waals surface area contributed by atoms with Gasteiger partial charge in [0.15, 0.2) is 0 Å². The van der Waals surface area contributed by atoms with Gasteiger partial charge in [0.1, 0.15) is 37.1 Å². The smallest absolute Gasteiger partial charge is 0.323 e. The van der Waals surface area contributed by atoms with Gasteiger partial charge in [0.2, 0.25) is 0 Å². The largest absolute Gasteiger partial charge is 0.468 e. The molecular formula is C22H42N4O10S4. The molecule has 4 atom stereocenters. The molecule has 8 N–H and O–H groups in total. The first-order chi connectivity index (χ1) is 19.1. The topological polar surface area (TPSA) is 228 Å². The van der Waals surface area contributed by atoms with E-state index >= 15 is 0 Å². The Balaban J connectivity index is 3.52. The Hall–Kier alpha value is -0.800.